The number of piperazine rings is 1. The topological polar surface area (TPSA) is 65.6 Å². The predicted octanol–water partition coefficient (Wildman–Crippen LogP) is 3.65. The lowest BCUT2D eigenvalue weighted by molar-refractivity contribution is 0.174. The van der Waals surface area contributed by atoms with Gasteiger partial charge in [-0.05, 0) is 54.7 Å². The molecule has 1 aromatic carbocycles. The van der Waals surface area contributed by atoms with Crippen molar-refractivity contribution in [2.45, 2.75) is 57.4 Å². The molecular formula is C24H36N4OS. The van der Waals surface area contributed by atoms with Crippen molar-refractivity contribution in [3.8, 4) is 11.3 Å². The summed E-state index contributed by atoms with van der Waals surface area (Å²) in [5.74, 6) is 0. The molecule has 1 aliphatic heterocycles. The van der Waals surface area contributed by atoms with Gasteiger partial charge in [0.25, 0.3) is 0 Å². The third kappa shape index (κ3) is 4.57. The third-order valence-corrected chi connectivity index (χ3v) is 7.86. The van der Waals surface area contributed by atoms with Crippen LogP contribution in [0.25, 0.3) is 11.3 Å². The number of aliphatic hydroxyl groups is 1. The summed E-state index contributed by atoms with van der Waals surface area (Å²) in [7, 11) is 0. The number of nitrogens with two attached hydrogens (primary N) is 1. The summed E-state index contributed by atoms with van der Waals surface area (Å²) in [6.07, 6.45) is 5.41. The molecule has 5 nitrogen and oxygen atoms in total. The fourth-order valence-corrected chi connectivity index (χ4v) is 5.85. The molecule has 2 aliphatic rings. The Morgan fingerprint density at radius 2 is 2.00 bits per heavy atom. The second kappa shape index (κ2) is 9.35. The number of unbranched alkanes of at least 4 members (excludes halogenated alkanes) is 1. The van der Waals surface area contributed by atoms with Crippen LogP contribution in [0.1, 0.15) is 50.7 Å². The van der Waals surface area contributed by atoms with Gasteiger partial charge in [-0.25, -0.2) is 4.98 Å². The Kier molecular flexibility index (Phi) is 6.78. The second-order valence-electron chi connectivity index (χ2n) is 9.40. The molecule has 3 N–H and O–H groups in total. The molecule has 4 rings (SSSR count). The van der Waals surface area contributed by atoms with Gasteiger partial charge in [-0.1, -0.05) is 26.0 Å². The van der Waals surface area contributed by atoms with Crippen LogP contribution >= 0.6 is 11.3 Å². The van der Waals surface area contributed by atoms with Gasteiger partial charge in [0.2, 0.25) is 0 Å². The van der Waals surface area contributed by atoms with E-state index in [0.29, 0.717) is 18.0 Å². The van der Waals surface area contributed by atoms with Crippen LogP contribution in [0.3, 0.4) is 0 Å². The van der Waals surface area contributed by atoms with E-state index >= 15 is 0 Å². The first-order valence-corrected chi connectivity index (χ1v) is 12.3. The lowest BCUT2D eigenvalue weighted by Crippen LogP contribution is -2.52. The average Bonchev–Trinajstić information content (AvgIpc) is 3.36. The lowest BCUT2D eigenvalue weighted by Gasteiger charge is -2.39. The molecule has 1 unspecified atom stereocenters. The summed E-state index contributed by atoms with van der Waals surface area (Å²) in [5.41, 5.74) is 11.7. The number of aromatic nitrogens is 1. The van der Waals surface area contributed by atoms with E-state index < -0.39 is 0 Å². The van der Waals surface area contributed by atoms with Crippen molar-refractivity contribution in [2.75, 3.05) is 44.2 Å². The van der Waals surface area contributed by atoms with Gasteiger partial charge in [0.1, 0.15) is 0 Å². The molecule has 1 atom stereocenters. The summed E-state index contributed by atoms with van der Waals surface area (Å²) < 4.78 is 0. The highest BCUT2D eigenvalue weighted by Crippen LogP contribution is 2.40. The van der Waals surface area contributed by atoms with Gasteiger partial charge < -0.3 is 15.7 Å². The first-order chi connectivity index (χ1) is 14.5. The van der Waals surface area contributed by atoms with E-state index in [9.17, 15) is 0 Å². The number of aliphatic hydroxyl groups excluding tert-OH is 1. The van der Waals surface area contributed by atoms with E-state index in [1.165, 1.54) is 29.5 Å². The van der Waals surface area contributed by atoms with Gasteiger partial charge in [0.05, 0.1) is 5.69 Å². The van der Waals surface area contributed by atoms with Crippen molar-refractivity contribution >= 4 is 16.5 Å². The molecule has 1 aliphatic carbocycles. The maximum atomic E-state index is 9.02. The number of thiazole rings is 1. The Labute approximate surface area is 184 Å². The maximum Gasteiger partial charge on any atom is 0.185 e. The zero-order valence-corrected chi connectivity index (χ0v) is 19.3. The van der Waals surface area contributed by atoms with Crippen LogP contribution in [0.4, 0.5) is 5.13 Å². The molecule has 0 amide bonds. The van der Waals surface area contributed by atoms with Crippen molar-refractivity contribution in [3.63, 3.8) is 0 Å². The number of benzene rings is 1. The van der Waals surface area contributed by atoms with Crippen LogP contribution in [0, 0.1) is 0 Å². The fraction of sp³-hybridized carbons (Fsp3) is 0.625. The monoisotopic (exact) mass is 428 g/mol. The zero-order valence-electron chi connectivity index (χ0n) is 18.4. The van der Waals surface area contributed by atoms with Crippen LogP contribution in [0.2, 0.25) is 0 Å². The summed E-state index contributed by atoms with van der Waals surface area (Å²) in [6, 6.07) is 7.36. The summed E-state index contributed by atoms with van der Waals surface area (Å²) in [5, 5.41) is 12.4. The van der Waals surface area contributed by atoms with Crippen LogP contribution in [-0.2, 0) is 11.8 Å². The van der Waals surface area contributed by atoms with E-state index in [1.54, 1.807) is 11.3 Å². The number of nitrogens with zero attached hydrogens (tertiary/aromatic N) is 3. The molecule has 0 spiro atoms. The van der Waals surface area contributed by atoms with Gasteiger partial charge in [0, 0.05) is 56.3 Å². The number of anilines is 1. The van der Waals surface area contributed by atoms with Gasteiger partial charge in [0.15, 0.2) is 5.13 Å². The summed E-state index contributed by atoms with van der Waals surface area (Å²) in [6.45, 7) is 9.74. The maximum absolute atomic E-state index is 9.02. The Morgan fingerprint density at radius 1 is 1.20 bits per heavy atom. The van der Waals surface area contributed by atoms with E-state index in [4.69, 9.17) is 15.8 Å². The third-order valence-electron chi connectivity index (χ3n) is 6.96. The van der Waals surface area contributed by atoms with Crippen LogP contribution < -0.4 is 10.6 Å². The molecule has 1 aromatic heterocycles. The average molecular weight is 429 g/mol. The number of rotatable bonds is 8. The fourth-order valence-electron chi connectivity index (χ4n) is 4.96. The quantitative estimate of drug-likeness (QED) is 0.629. The molecule has 30 heavy (non-hydrogen) atoms. The highest BCUT2D eigenvalue weighted by Gasteiger charge is 2.30. The molecule has 2 aromatic rings. The largest absolute Gasteiger partial charge is 0.396 e. The first kappa shape index (κ1) is 21.8. The van der Waals surface area contributed by atoms with Crippen LogP contribution in [0.5, 0.6) is 0 Å². The molecule has 0 radical (unpaired) electrons. The summed E-state index contributed by atoms with van der Waals surface area (Å²) >= 11 is 1.76. The minimum absolute atomic E-state index is 0.277. The van der Waals surface area contributed by atoms with E-state index in [1.807, 2.05) is 0 Å². The molecule has 164 valence electrons. The number of aryl methyl sites for hydroxylation is 1. The Morgan fingerprint density at radius 3 is 2.73 bits per heavy atom. The molecule has 2 heterocycles. The smallest absolute Gasteiger partial charge is 0.185 e. The zero-order chi connectivity index (χ0) is 21.1. The van der Waals surface area contributed by atoms with E-state index in [2.05, 4.69) is 47.2 Å². The Balaban J connectivity index is 1.37. The van der Waals surface area contributed by atoms with Crippen molar-refractivity contribution in [1.82, 2.24) is 9.88 Å². The van der Waals surface area contributed by atoms with Gasteiger partial charge >= 0.3 is 0 Å². The standard InChI is InChI=1S/C24H36N4OS/c1-24(2)9-8-18-15-19(6-7-21(18)24)22-17-30-23(26-22)28-12-10-27(11-13-28)20(16-25)5-3-4-14-29/h6-7,15,17,20,29H,3-5,8-14,16,25H2,1-2H3. The van der Waals surface area contributed by atoms with Gasteiger partial charge in [-0.15, -0.1) is 11.3 Å². The minimum atomic E-state index is 0.277. The van der Waals surface area contributed by atoms with Crippen molar-refractivity contribution < 1.29 is 5.11 Å². The highest BCUT2D eigenvalue weighted by atomic mass is 32.1. The Bertz CT molecular complexity index is 841. The molecule has 1 saturated heterocycles. The SMILES string of the molecule is CC1(C)CCc2cc(-c3csc(N4CCN(C(CN)CCCCO)CC4)n3)ccc21. The predicted molar refractivity (Wildman–Crippen MR) is 126 cm³/mol. The van der Waals surface area contributed by atoms with E-state index in [0.717, 1.165) is 56.3 Å². The van der Waals surface area contributed by atoms with Crippen molar-refractivity contribution in [2.24, 2.45) is 5.73 Å². The normalized spacial score (nSPS) is 19.8. The Hall–Kier alpha value is -1.47. The van der Waals surface area contributed by atoms with Crippen LogP contribution in [0.15, 0.2) is 23.6 Å². The molecule has 1 fully saturated rings. The molecule has 0 saturated carbocycles. The molecule has 0 bridgehead atoms. The number of hydrogen-bond donors (Lipinski definition) is 2. The minimum Gasteiger partial charge on any atom is -0.396 e. The molecular weight excluding hydrogens is 392 g/mol. The highest BCUT2D eigenvalue weighted by molar-refractivity contribution is 7.14. The number of hydrogen-bond acceptors (Lipinski definition) is 6. The van der Waals surface area contributed by atoms with Gasteiger partial charge in [-0.3, -0.25) is 4.90 Å². The van der Waals surface area contributed by atoms with Crippen molar-refractivity contribution in [1.29, 1.82) is 0 Å². The number of fused-ring (bicyclic) bond motifs is 1. The molecule has 6 heteroatoms. The van der Waals surface area contributed by atoms with E-state index in [-0.39, 0.29) is 6.61 Å². The van der Waals surface area contributed by atoms with Gasteiger partial charge in [-0.2, -0.15) is 0 Å². The van der Waals surface area contributed by atoms with Crippen molar-refractivity contribution in [3.05, 3.63) is 34.7 Å². The summed E-state index contributed by atoms with van der Waals surface area (Å²) in [4.78, 5) is 9.93. The first-order valence-electron chi connectivity index (χ1n) is 11.4. The second-order valence-corrected chi connectivity index (χ2v) is 10.2. The van der Waals surface area contributed by atoms with Crippen LogP contribution in [-0.4, -0.2) is 60.4 Å². The lowest BCUT2D eigenvalue weighted by atomic mass is 9.86.